The number of anilines is 1. The molecule has 0 saturated carbocycles. The van der Waals surface area contributed by atoms with Crippen molar-refractivity contribution in [2.45, 2.75) is 32.2 Å². The van der Waals surface area contributed by atoms with Gasteiger partial charge < -0.3 is 5.32 Å². The lowest BCUT2D eigenvalue weighted by Crippen LogP contribution is -2.52. The summed E-state index contributed by atoms with van der Waals surface area (Å²) in [6.07, 6.45) is 7.95. The van der Waals surface area contributed by atoms with Gasteiger partial charge in [-0.25, -0.2) is 0 Å². The minimum atomic E-state index is -0.106. The quantitative estimate of drug-likeness (QED) is 0.816. The van der Waals surface area contributed by atoms with E-state index < -0.39 is 0 Å². The van der Waals surface area contributed by atoms with Gasteiger partial charge in [0.2, 0.25) is 5.91 Å². The Morgan fingerprint density at radius 3 is 2.59 bits per heavy atom. The molecule has 0 spiro atoms. The van der Waals surface area contributed by atoms with Crippen LogP contribution in [0.1, 0.15) is 30.0 Å². The minimum absolute atomic E-state index is 0.0976. The molecule has 1 saturated heterocycles. The summed E-state index contributed by atoms with van der Waals surface area (Å²) in [7, 11) is 0. The standard InChI is InChI=1S/C25H31N3O/c1-20(25(29)26-24-13-12-22-10-5-11-23(22)19-24)28-17-15-27(16-18-28)14-6-9-21-7-3-2-4-8-21/h2-4,6-9,12-13,19-20H,5,10-11,14-18H2,1H3,(H,26,29)/b9-6+/t20-/m1/s1. The predicted octanol–water partition coefficient (Wildman–Crippen LogP) is 3.83. The van der Waals surface area contributed by atoms with E-state index in [1.165, 1.54) is 29.5 Å². The van der Waals surface area contributed by atoms with Gasteiger partial charge in [-0.15, -0.1) is 0 Å². The predicted molar refractivity (Wildman–Crippen MR) is 120 cm³/mol. The molecule has 1 atom stereocenters. The number of nitrogens with one attached hydrogen (secondary N) is 1. The fourth-order valence-corrected chi connectivity index (χ4v) is 4.30. The molecule has 152 valence electrons. The van der Waals surface area contributed by atoms with Crippen LogP contribution in [0, 0.1) is 0 Å². The van der Waals surface area contributed by atoms with E-state index in [0.29, 0.717) is 0 Å². The molecule has 1 aliphatic carbocycles. The van der Waals surface area contributed by atoms with Crippen molar-refractivity contribution in [1.29, 1.82) is 0 Å². The maximum Gasteiger partial charge on any atom is 0.241 e. The van der Waals surface area contributed by atoms with Gasteiger partial charge in [0.1, 0.15) is 0 Å². The second kappa shape index (κ2) is 9.38. The van der Waals surface area contributed by atoms with Gasteiger partial charge in [-0.1, -0.05) is 48.6 Å². The summed E-state index contributed by atoms with van der Waals surface area (Å²) in [5.41, 5.74) is 5.01. The third-order valence-electron chi connectivity index (χ3n) is 6.17. The Kier molecular flexibility index (Phi) is 6.43. The Hall–Kier alpha value is -2.43. The highest BCUT2D eigenvalue weighted by Crippen LogP contribution is 2.25. The Balaban J connectivity index is 1.23. The summed E-state index contributed by atoms with van der Waals surface area (Å²) in [5, 5.41) is 3.13. The van der Waals surface area contributed by atoms with Crippen molar-refractivity contribution in [3.63, 3.8) is 0 Å². The fraction of sp³-hybridized carbons (Fsp3) is 0.400. The number of rotatable bonds is 6. The molecule has 0 bridgehead atoms. The summed E-state index contributed by atoms with van der Waals surface area (Å²) in [4.78, 5) is 17.5. The number of amides is 1. The van der Waals surface area contributed by atoms with E-state index >= 15 is 0 Å². The summed E-state index contributed by atoms with van der Waals surface area (Å²) in [5.74, 6) is 0.0976. The molecule has 1 N–H and O–H groups in total. The van der Waals surface area contributed by atoms with Crippen molar-refractivity contribution >= 4 is 17.7 Å². The van der Waals surface area contributed by atoms with Gasteiger partial charge in [-0.3, -0.25) is 14.6 Å². The molecular weight excluding hydrogens is 358 g/mol. The van der Waals surface area contributed by atoms with Gasteiger partial charge in [0.15, 0.2) is 0 Å². The Bertz CT molecular complexity index is 854. The van der Waals surface area contributed by atoms with Crippen molar-refractivity contribution in [3.05, 3.63) is 71.3 Å². The molecule has 4 heteroatoms. The van der Waals surface area contributed by atoms with Crippen LogP contribution >= 0.6 is 0 Å². The molecule has 4 nitrogen and oxygen atoms in total. The highest BCUT2D eigenvalue weighted by Gasteiger charge is 2.25. The number of fused-ring (bicyclic) bond motifs is 1. The molecule has 2 aliphatic rings. The molecule has 1 fully saturated rings. The minimum Gasteiger partial charge on any atom is -0.325 e. The highest BCUT2D eigenvalue weighted by molar-refractivity contribution is 5.94. The maximum absolute atomic E-state index is 12.7. The normalized spacial score (nSPS) is 18.7. The first-order chi connectivity index (χ1) is 14.2. The number of aryl methyl sites for hydroxylation is 2. The second-order valence-electron chi connectivity index (χ2n) is 8.15. The average molecular weight is 390 g/mol. The molecule has 2 aromatic rings. The monoisotopic (exact) mass is 389 g/mol. The molecule has 4 rings (SSSR count). The van der Waals surface area contributed by atoms with E-state index in [4.69, 9.17) is 0 Å². The van der Waals surface area contributed by atoms with E-state index in [2.05, 4.69) is 63.7 Å². The number of hydrogen-bond donors (Lipinski definition) is 1. The topological polar surface area (TPSA) is 35.6 Å². The number of carbonyl (C=O) groups excluding carboxylic acids is 1. The highest BCUT2D eigenvalue weighted by atomic mass is 16.2. The van der Waals surface area contributed by atoms with E-state index in [0.717, 1.165) is 44.8 Å². The lowest BCUT2D eigenvalue weighted by atomic mass is 10.1. The van der Waals surface area contributed by atoms with Crippen molar-refractivity contribution in [2.75, 3.05) is 38.0 Å². The van der Waals surface area contributed by atoms with Crippen LogP contribution in [0.15, 0.2) is 54.6 Å². The summed E-state index contributed by atoms with van der Waals surface area (Å²) in [6, 6.07) is 16.7. The first-order valence-corrected chi connectivity index (χ1v) is 10.8. The molecule has 0 unspecified atom stereocenters. The fourth-order valence-electron chi connectivity index (χ4n) is 4.30. The molecule has 1 heterocycles. The van der Waals surface area contributed by atoms with Crippen LogP contribution < -0.4 is 5.32 Å². The molecule has 1 amide bonds. The van der Waals surface area contributed by atoms with E-state index in [9.17, 15) is 4.79 Å². The van der Waals surface area contributed by atoms with Gasteiger partial charge in [0.05, 0.1) is 6.04 Å². The molecule has 1 aliphatic heterocycles. The lowest BCUT2D eigenvalue weighted by Gasteiger charge is -2.37. The molecule has 0 radical (unpaired) electrons. The van der Waals surface area contributed by atoms with Crippen LogP contribution in [0.4, 0.5) is 5.69 Å². The Labute approximate surface area is 174 Å². The first kappa shape index (κ1) is 19.9. The van der Waals surface area contributed by atoms with Crippen LogP contribution in [0.2, 0.25) is 0 Å². The van der Waals surface area contributed by atoms with Crippen LogP contribution in [-0.2, 0) is 17.6 Å². The lowest BCUT2D eigenvalue weighted by molar-refractivity contribution is -0.121. The maximum atomic E-state index is 12.7. The summed E-state index contributed by atoms with van der Waals surface area (Å²) < 4.78 is 0. The second-order valence-corrected chi connectivity index (χ2v) is 8.15. The third kappa shape index (κ3) is 5.14. The number of hydrogen-bond acceptors (Lipinski definition) is 3. The average Bonchev–Trinajstić information content (AvgIpc) is 3.22. The third-order valence-corrected chi connectivity index (χ3v) is 6.17. The SMILES string of the molecule is C[C@H](C(=O)Nc1ccc2c(c1)CCC2)N1CCN(C/C=C/c2ccccc2)CC1. The molecule has 2 aromatic carbocycles. The van der Waals surface area contributed by atoms with Gasteiger partial charge in [-0.2, -0.15) is 0 Å². The first-order valence-electron chi connectivity index (χ1n) is 10.8. The molecular formula is C25H31N3O. The zero-order chi connectivity index (χ0) is 20.1. The van der Waals surface area contributed by atoms with Gasteiger partial charge in [0, 0.05) is 38.4 Å². The van der Waals surface area contributed by atoms with Crippen molar-refractivity contribution in [3.8, 4) is 0 Å². The van der Waals surface area contributed by atoms with Gasteiger partial charge >= 0.3 is 0 Å². The molecule has 0 aromatic heterocycles. The number of piperazine rings is 1. The zero-order valence-corrected chi connectivity index (χ0v) is 17.3. The number of carbonyl (C=O) groups is 1. The van der Waals surface area contributed by atoms with Crippen molar-refractivity contribution < 1.29 is 4.79 Å². The van der Waals surface area contributed by atoms with E-state index in [1.54, 1.807) is 0 Å². The number of nitrogens with zero attached hydrogens (tertiary/aromatic N) is 2. The van der Waals surface area contributed by atoms with Crippen molar-refractivity contribution in [2.24, 2.45) is 0 Å². The van der Waals surface area contributed by atoms with Crippen molar-refractivity contribution in [1.82, 2.24) is 9.80 Å². The van der Waals surface area contributed by atoms with E-state index in [1.807, 2.05) is 19.1 Å². The smallest absolute Gasteiger partial charge is 0.241 e. The van der Waals surface area contributed by atoms with Crippen LogP contribution in [-0.4, -0.2) is 54.5 Å². The Morgan fingerprint density at radius 1 is 1.03 bits per heavy atom. The Morgan fingerprint density at radius 2 is 1.79 bits per heavy atom. The van der Waals surface area contributed by atoms with Crippen LogP contribution in [0.25, 0.3) is 6.08 Å². The largest absolute Gasteiger partial charge is 0.325 e. The zero-order valence-electron chi connectivity index (χ0n) is 17.3. The van der Waals surface area contributed by atoms with Gasteiger partial charge in [-0.05, 0) is 55.0 Å². The van der Waals surface area contributed by atoms with Crippen LogP contribution in [0.3, 0.4) is 0 Å². The summed E-state index contributed by atoms with van der Waals surface area (Å²) in [6.45, 7) is 6.83. The van der Waals surface area contributed by atoms with E-state index in [-0.39, 0.29) is 11.9 Å². The number of benzene rings is 2. The summed E-state index contributed by atoms with van der Waals surface area (Å²) >= 11 is 0. The van der Waals surface area contributed by atoms with Crippen LogP contribution in [0.5, 0.6) is 0 Å². The van der Waals surface area contributed by atoms with Gasteiger partial charge in [0.25, 0.3) is 0 Å². The molecule has 29 heavy (non-hydrogen) atoms.